The Balaban J connectivity index is 1.40. The van der Waals surface area contributed by atoms with Crippen molar-refractivity contribution in [3.8, 4) is 0 Å². The Kier molecular flexibility index (Phi) is 4.32. The standard InChI is InChI=1S/C22H30N2O2/c1-13-4-14(2)6-19(5-13)24-20(25)15(3)23-21(26)22-10-16-7-17(11-22)9-18(8-16)12-22/h4-6,15-18H,7-12H2,1-3H3,(H,23,26)(H,24,25)/t15-,16?,17?,18?,22?/m0/s1. The van der Waals surface area contributed by atoms with E-state index in [0.29, 0.717) is 0 Å². The summed E-state index contributed by atoms with van der Waals surface area (Å²) in [4.78, 5) is 25.7. The van der Waals surface area contributed by atoms with E-state index in [1.165, 1.54) is 19.3 Å². The van der Waals surface area contributed by atoms with E-state index in [1.807, 2.05) is 26.0 Å². The van der Waals surface area contributed by atoms with Crippen LogP contribution in [0.2, 0.25) is 0 Å². The van der Waals surface area contributed by atoms with Crippen LogP contribution in [0.1, 0.15) is 56.6 Å². The summed E-state index contributed by atoms with van der Waals surface area (Å²) in [6, 6.07) is 5.47. The molecule has 4 heteroatoms. The van der Waals surface area contributed by atoms with Crippen molar-refractivity contribution >= 4 is 17.5 Å². The first kappa shape index (κ1) is 17.6. The second-order valence-electron chi connectivity index (χ2n) is 9.26. The van der Waals surface area contributed by atoms with Gasteiger partial charge in [-0.2, -0.15) is 0 Å². The molecule has 0 heterocycles. The third-order valence-corrected chi connectivity index (χ3v) is 6.75. The van der Waals surface area contributed by atoms with E-state index >= 15 is 0 Å². The molecule has 4 fully saturated rings. The van der Waals surface area contributed by atoms with Crippen molar-refractivity contribution in [1.29, 1.82) is 0 Å². The molecular weight excluding hydrogens is 324 g/mol. The van der Waals surface area contributed by atoms with Crippen molar-refractivity contribution in [2.75, 3.05) is 5.32 Å². The summed E-state index contributed by atoms with van der Waals surface area (Å²) < 4.78 is 0. The number of amides is 2. The van der Waals surface area contributed by atoms with Gasteiger partial charge in [0, 0.05) is 11.1 Å². The number of carbonyl (C=O) groups excluding carboxylic acids is 2. The summed E-state index contributed by atoms with van der Waals surface area (Å²) in [6.07, 6.45) is 7.02. The lowest BCUT2D eigenvalue weighted by atomic mass is 9.49. The van der Waals surface area contributed by atoms with Gasteiger partial charge in [-0.3, -0.25) is 9.59 Å². The smallest absolute Gasteiger partial charge is 0.246 e. The molecule has 4 bridgehead atoms. The summed E-state index contributed by atoms with van der Waals surface area (Å²) in [5.41, 5.74) is 2.82. The highest BCUT2D eigenvalue weighted by Crippen LogP contribution is 2.60. The molecule has 4 saturated carbocycles. The molecule has 1 aromatic carbocycles. The van der Waals surface area contributed by atoms with Crippen LogP contribution in [0.5, 0.6) is 0 Å². The lowest BCUT2D eigenvalue weighted by Gasteiger charge is -2.55. The molecule has 4 aliphatic rings. The number of hydrogen-bond donors (Lipinski definition) is 2. The number of rotatable bonds is 4. The monoisotopic (exact) mass is 354 g/mol. The summed E-state index contributed by atoms with van der Waals surface area (Å²) >= 11 is 0. The first-order chi connectivity index (χ1) is 12.3. The lowest BCUT2D eigenvalue weighted by molar-refractivity contribution is -0.147. The fraction of sp³-hybridized carbons (Fsp3) is 0.636. The van der Waals surface area contributed by atoms with Crippen LogP contribution in [0.4, 0.5) is 5.69 Å². The Morgan fingerprint density at radius 1 is 0.962 bits per heavy atom. The minimum absolute atomic E-state index is 0.111. The van der Waals surface area contributed by atoms with E-state index < -0.39 is 6.04 Å². The van der Waals surface area contributed by atoms with Gasteiger partial charge in [-0.15, -0.1) is 0 Å². The predicted molar refractivity (Wildman–Crippen MR) is 103 cm³/mol. The largest absolute Gasteiger partial charge is 0.344 e. The minimum Gasteiger partial charge on any atom is -0.344 e. The molecule has 2 amide bonds. The van der Waals surface area contributed by atoms with Gasteiger partial charge in [-0.25, -0.2) is 0 Å². The molecule has 140 valence electrons. The molecule has 0 radical (unpaired) electrons. The highest BCUT2D eigenvalue weighted by atomic mass is 16.2. The molecule has 4 aliphatic carbocycles. The van der Waals surface area contributed by atoms with Crippen LogP contribution < -0.4 is 10.6 Å². The van der Waals surface area contributed by atoms with Gasteiger partial charge in [0.25, 0.3) is 0 Å². The van der Waals surface area contributed by atoms with Gasteiger partial charge < -0.3 is 10.6 Å². The molecule has 0 aliphatic heterocycles. The molecule has 5 rings (SSSR count). The zero-order chi connectivity index (χ0) is 18.5. The highest BCUT2D eigenvalue weighted by molar-refractivity contribution is 5.97. The van der Waals surface area contributed by atoms with Gasteiger partial charge in [-0.1, -0.05) is 6.07 Å². The molecule has 2 N–H and O–H groups in total. The van der Waals surface area contributed by atoms with Crippen molar-refractivity contribution in [3.05, 3.63) is 29.3 Å². The first-order valence-corrected chi connectivity index (χ1v) is 10.0. The van der Waals surface area contributed by atoms with Crippen molar-refractivity contribution in [2.45, 2.75) is 65.3 Å². The van der Waals surface area contributed by atoms with Crippen molar-refractivity contribution in [1.82, 2.24) is 5.32 Å². The topological polar surface area (TPSA) is 58.2 Å². The Hall–Kier alpha value is -1.84. The fourth-order valence-corrected chi connectivity index (χ4v) is 6.10. The van der Waals surface area contributed by atoms with Gasteiger partial charge in [0.05, 0.1) is 0 Å². The lowest BCUT2D eigenvalue weighted by Crippen LogP contribution is -2.56. The molecule has 0 spiro atoms. The zero-order valence-corrected chi connectivity index (χ0v) is 16.1. The van der Waals surface area contributed by atoms with Crippen molar-refractivity contribution < 1.29 is 9.59 Å². The Morgan fingerprint density at radius 2 is 1.46 bits per heavy atom. The molecule has 1 atom stereocenters. The SMILES string of the molecule is Cc1cc(C)cc(NC(=O)[C@H](C)NC(=O)C23CC4CC(CC(C4)C2)C3)c1. The number of nitrogens with one attached hydrogen (secondary N) is 2. The molecule has 26 heavy (non-hydrogen) atoms. The van der Waals surface area contributed by atoms with E-state index in [2.05, 4.69) is 16.7 Å². The maximum absolute atomic E-state index is 13.1. The Morgan fingerprint density at radius 3 is 1.96 bits per heavy atom. The van der Waals surface area contributed by atoms with Crippen LogP contribution in [-0.2, 0) is 9.59 Å². The van der Waals surface area contributed by atoms with Crippen LogP contribution in [0.25, 0.3) is 0 Å². The molecule has 0 unspecified atom stereocenters. The van der Waals surface area contributed by atoms with Crippen LogP contribution in [0.3, 0.4) is 0 Å². The number of anilines is 1. The minimum atomic E-state index is -0.517. The molecule has 0 saturated heterocycles. The van der Waals surface area contributed by atoms with E-state index in [-0.39, 0.29) is 17.2 Å². The van der Waals surface area contributed by atoms with Crippen molar-refractivity contribution in [3.63, 3.8) is 0 Å². The third kappa shape index (κ3) is 3.26. The van der Waals surface area contributed by atoms with Gasteiger partial charge >= 0.3 is 0 Å². The average Bonchev–Trinajstić information content (AvgIpc) is 2.52. The zero-order valence-electron chi connectivity index (χ0n) is 16.1. The third-order valence-electron chi connectivity index (χ3n) is 6.75. The number of aryl methyl sites for hydroxylation is 2. The number of hydrogen-bond acceptors (Lipinski definition) is 2. The van der Waals surface area contributed by atoms with Gasteiger partial charge in [0.2, 0.25) is 11.8 Å². The molecule has 4 nitrogen and oxygen atoms in total. The number of carbonyl (C=O) groups is 2. The summed E-state index contributed by atoms with van der Waals surface area (Å²) in [7, 11) is 0. The first-order valence-electron chi connectivity index (χ1n) is 10.0. The quantitative estimate of drug-likeness (QED) is 0.860. The molecule has 1 aromatic rings. The molecule has 0 aromatic heterocycles. The highest BCUT2D eigenvalue weighted by Gasteiger charge is 2.54. The van der Waals surface area contributed by atoms with E-state index in [9.17, 15) is 9.59 Å². The number of benzene rings is 1. The van der Waals surface area contributed by atoms with E-state index in [1.54, 1.807) is 6.92 Å². The van der Waals surface area contributed by atoms with E-state index in [4.69, 9.17) is 0 Å². The van der Waals surface area contributed by atoms with Crippen molar-refractivity contribution in [2.24, 2.45) is 23.2 Å². The molecular formula is C22H30N2O2. The average molecular weight is 354 g/mol. The second kappa shape index (κ2) is 6.40. The van der Waals surface area contributed by atoms with Crippen LogP contribution >= 0.6 is 0 Å². The van der Waals surface area contributed by atoms with Gasteiger partial charge in [-0.05, 0) is 100 Å². The Labute approximate surface area is 156 Å². The summed E-state index contributed by atoms with van der Waals surface area (Å²) in [5.74, 6) is 2.15. The van der Waals surface area contributed by atoms with Crippen LogP contribution in [0, 0.1) is 37.0 Å². The maximum atomic E-state index is 13.1. The fourth-order valence-electron chi connectivity index (χ4n) is 6.10. The summed E-state index contributed by atoms with van der Waals surface area (Å²) in [5, 5.41) is 5.98. The second-order valence-corrected chi connectivity index (χ2v) is 9.26. The van der Waals surface area contributed by atoms with Crippen LogP contribution in [0.15, 0.2) is 18.2 Å². The predicted octanol–water partition coefficient (Wildman–Crippen LogP) is 3.96. The van der Waals surface area contributed by atoms with E-state index in [0.717, 1.165) is 53.8 Å². The van der Waals surface area contributed by atoms with Gasteiger partial charge in [0.1, 0.15) is 6.04 Å². The van der Waals surface area contributed by atoms with Gasteiger partial charge in [0.15, 0.2) is 0 Å². The Bertz CT molecular complexity index is 684. The normalized spacial score (nSPS) is 33.0. The maximum Gasteiger partial charge on any atom is 0.246 e. The summed E-state index contributed by atoms with van der Waals surface area (Å²) in [6.45, 7) is 5.82. The van der Waals surface area contributed by atoms with Crippen LogP contribution in [-0.4, -0.2) is 17.9 Å².